The summed E-state index contributed by atoms with van der Waals surface area (Å²) in [6.45, 7) is 10.3. The number of amides is 1. The minimum absolute atomic E-state index is 0.116. The third kappa shape index (κ3) is 3.40. The third-order valence-corrected chi connectivity index (χ3v) is 6.03. The molecule has 1 fully saturated rings. The lowest BCUT2D eigenvalue weighted by Gasteiger charge is -2.41. The number of primary amides is 1. The lowest BCUT2D eigenvalue weighted by atomic mass is 9.74. The highest BCUT2D eigenvalue weighted by molar-refractivity contribution is 6.05. The third-order valence-electron chi connectivity index (χ3n) is 6.03. The van der Waals surface area contributed by atoms with Gasteiger partial charge in [-0.2, -0.15) is 0 Å². The van der Waals surface area contributed by atoms with E-state index in [-0.39, 0.29) is 11.0 Å². The Bertz CT molecular complexity index is 1100. The number of piperidine rings is 1. The smallest absolute Gasteiger partial charge is 0.251 e. The molecule has 3 heterocycles. The highest BCUT2D eigenvalue weighted by atomic mass is 19.1. The van der Waals surface area contributed by atoms with Crippen LogP contribution in [-0.2, 0) is 5.41 Å². The fourth-order valence-electron chi connectivity index (χ4n) is 4.76. The number of hydrogen-bond donors (Lipinski definition) is 3. The van der Waals surface area contributed by atoms with E-state index in [4.69, 9.17) is 5.73 Å². The first-order valence-electron chi connectivity index (χ1n) is 9.94. The highest BCUT2D eigenvalue weighted by Crippen LogP contribution is 2.40. The number of aliphatic hydroxyl groups is 1. The van der Waals surface area contributed by atoms with Gasteiger partial charge in [0.05, 0.1) is 16.7 Å². The number of rotatable bonds is 4. The van der Waals surface area contributed by atoms with Gasteiger partial charge in [0, 0.05) is 29.3 Å². The van der Waals surface area contributed by atoms with Gasteiger partial charge < -0.3 is 15.7 Å². The monoisotopic (exact) mass is 401 g/mol. The lowest BCUT2D eigenvalue weighted by Crippen LogP contribution is -2.46. The van der Waals surface area contributed by atoms with E-state index >= 15 is 0 Å². The summed E-state index contributed by atoms with van der Waals surface area (Å²) in [5.74, 6) is -1.22. The van der Waals surface area contributed by atoms with Crippen LogP contribution in [0.15, 0.2) is 12.1 Å². The van der Waals surface area contributed by atoms with Crippen LogP contribution in [0.4, 0.5) is 4.39 Å². The summed E-state index contributed by atoms with van der Waals surface area (Å²) in [5, 5.41) is 13.4. The van der Waals surface area contributed by atoms with Gasteiger partial charge in [-0.15, -0.1) is 0 Å². The molecule has 1 aliphatic rings. The number of imidazole rings is 1. The van der Waals surface area contributed by atoms with Crippen molar-refractivity contribution in [2.75, 3.05) is 19.6 Å². The Kier molecular flexibility index (Phi) is 4.47. The molecule has 1 aromatic carbocycles. The Morgan fingerprint density at radius 1 is 1.38 bits per heavy atom. The molecule has 4 rings (SSSR count). The van der Waals surface area contributed by atoms with Crippen molar-refractivity contribution in [2.45, 2.75) is 51.6 Å². The van der Waals surface area contributed by atoms with Crippen LogP contribution in [0.5, 0.6) is 0 Å². The average molecular weight is 401 g/mol. The molecule has 156 valence electrons. The summed E-state index contributed by atoms with van der Waals surface area (Å²) in [4.78, 5) is 18.8. The second kappa shape index (κ2) is 6.53. The van der Waals surface area contributed by atoms with E-state index in [0.717, 1.165) is 43.3 Å². The number of halogens is 1. The molecule has 1 amide bonds. The normalized spacial score (nSPS) is 18.0. The van der Waals surface area contributed by atoms with Crippen molar-refractivity contribution in [1.82, 2.24) is 19.5 Å². The van der Waals surface area contributed by atoms with Crippen LogP contribution in [-0.4, -0.2) is 55.7 Å². The van der Waals surface area contributed by atoms with Gasteiger partial charge in [0.15, 0.2) is 5.65 Å². The van der Waals surface area contributed by atoms with E-state index < -0.39 is 17.3 Å². The predicted molar refractivity (Wildman–Crippen MR) is 110 cm³/mol. The molecule has 3 aromatic rings. The molecule has 0 aliphatic carbocycles. The van der Waals surface area contributed by atoms with E-state index in [1.807, 2.05) is 20.8 Å². The average Bonchev–Trinajstić information content (AvgIpc) is 3.09. The van der Waals surface area contributed by atoms with Crippen LogP contribution in [0.2, 0.25) is 0 Å². The highest BCUT2D eigenvalue weighted by Gasteiger charge is 2.37. The zero-order valence-corrected chi connectivity index (χ0v) is 17.3. The van der Waals surface area contributed by atoms with Crippen LogP contribution >= 0.6 is 0 Å². The van der Waals surface area contributed by atoms with Crippen molar-refractivity contribution < 1.29 is 14.3 Å². The Balaban J connectivity index is 1.78. The molecule has 4 N–H and O–H groups in total. The number of β-amino-alcohol motifs (C(OH)–C–C–N with tert-alkyl or cyclic N) is 1. The number of nitrogens with one attached hydrogen (secondary N) is 1. The maximum Gasteiger partial charge on any atom is 0.251 e. The molecule has 29 heavy (non-hydrogen) atoms. The zero-order valence-electron chi connectivity index (χ0n) is 17.3. The molecule has 7 nitrogen and oxygen atoms in total. The van der Waals surface area contributed by atoms with E-state index in [0.29, 0.717) is 23.2 Å². The van der Waals surface area contributed by atoms with E-state index in [1.54, 1.807) is 4.52 Å². The van der Waals surface area contributed by atoms with Crippen molar-refractivity contribution in [3.05, 3.63) is 34.8 Å². The first kappa shape index (κ1) is 19.8. The quantitative estimate of drug-likeness (QED) is 0.625. The first-order valence-corrected chi connectivity index (χ1v) is 9.94. The van der Waals surface area contributed by atoms with Crippen LogP contribution < -0.4 is 5.73 Å². The summed E-state index contributed by atoms with van der Waals surface area (Å²) in [6.07, 6.45) is 1.83. The number of carbonyl (C=O) groups is 1. The van der Waals surface area contributed by atoms with Gasteiger partial charge in [-0.3, -0.25) is 9.89 Å². The molecule has 0 unspecified atom stereocenters. The standard InChI is InChI=1S/C21H28FN5O2/c1-12-16(21(4)5-7-26(8-6-21)11-20(2,3)29)19-24-15-10-13(22)9-14(18(23)28)17(15)27(19)25-12/h9-10,25,29H,5-8,11H2,1-4H3,(H2,23,28). The van der Waals surface area contributed by atoms with Crippen molar-refractivity contribution in [1.29, 1.82) is 0 Å². The summed E-state index contributed by atoms with van der Waals surface area (Å²) in [5.41, 5.74) is 8.47. The second-order valence-corrected chi connectivity index (χ2v) is 9.22. The van der Waals surface area contributed by atoms with E-state index in [2.05, 4.69) is 21.9 Å². The van der Waals surface area contributed by atoms with Gasteiger partial charge in [0.1, 0.15) is 11.3 Å². The predicted octanol–water partition coefficient (Wildman–Crippen LogP) is 2.49. The number of aromatic amines is 1. The fourth-order valence-corrected chi connectivity index (χ4v) is 4.76. The fraction of sp³-hybridized carbons (Fsp3) is 0.524. The SMILES string of the molecule is Cc1[nH]n2c(nc3cc(F)cc(C(N)=O)c32)c1C1(C)CCN(CC(C)(C)O)CC1. The minimum atomic E-state index is -0.721. The number of aromatic nitrogens is 3. The molecular formula is C21H28FN5O2. The lowest BCUT2D eigenvalue weighted by molar-refractivity contribution is 0.0222. The van der Waals surface area contributed by atoms with Gasteiger partial charge in [-0.1, -0.05) is 6.92 Å². The van der Waals surface area contributed by atoms with Crippen molar-refractivity contribution in [2.24, 2.45) is 5.73 Å². The zero-order chi connectivity index (χ0) is 21.1. The summed E-state index contributed by atoms with van der Waals surface area (Å²) >= 11 is 0. The first-order chi connectivity index (χ1) is 13.5. The molecule has 0 atom stereocenters. The number of H-pyrrole nitrogens is 1. The van der Waals surface area contributed by atoms with Gasteiger partial charge in [0.25, 0.3) is 5.91 Å². The Morgan fingerprint density at radius 3 is 2.62 bits per heavy atom. The molecule has 2 aromatic heterocycles. The Hall–Kier alpha value is -2.45. The number of benzene rings is 1. The topological polar surface area (TPSA) is 99.7 Å². The van der Waals surface area contributed by atoms with E-state index in [9.17, 15) is 14.3 Å². The Morgan fingerprint density at radius 2 is 2.03 bits per heavy atom. The maximum absolute atomic E-state index is 14.0. The van der Waals surface area contributed by atoms with Crippen LogP contribution in [0.25, 0.3) is 16.7 Å². The van der Waals surface area contributed by atoms with Crippen LogP contribution in [0, 0.1) is 12.7 Å². The summed E-state index contributed by atoms with van der Waals surface area (Å²) in [7, 11) is 0. The largest absolute Gasteiger partial charge is 0.389 e. The van der Waals surface area contributed by atoms with Crippen molar-refractivity contribution in [3.8, 4) is 0 Å². The number of hydrogen-bond acceptors (Lipinski definition) is 4. The number of nitrogens with zero attached hydrogens (tertiary/aromatic N) is 3. The van der Waals surface area contributed by atoms with Crippen LogP contribution in [0.1, 0.15) is 55.2 Å². The van der Waals surface area contributed by atoms with Gasteiger partial charge >= 0.3 is 0 Å². The number of nitrogens with two attached hydrogens (primary N) is 1. The maximum atomic E-state index is 14.0. The minimum Gasteiger partial charge on any atom is -0.389 e. The van der Waals surface area contributed by atoms with Gasteiger partial charge in [0.2, 0.25) is 0 Å². The molecule has 0 spiro atoms. The van der Waals surface area contributed by atoms with Crippen molar-refractivity contribution in [3.63, 3.8) is 0 Å². The molecule has 0 saturated carbocycles. The Labute approximate surface area is 168 Å². The van der Waals surface area contributed by atoms with Crippen LogP contribution in [0.3, 0.4) is 0 Å². The molecule has 8 heteroatoms. The number of likely N-dealkylation sites (tertiary alicyclic amines) is 1. The molecule has 1 aliphatic heterocycles. The second-order valence-electron chi connectivity index (χ2n) is 9.22. The summed E-state index contributed by atoms with van der Waals surface area (Å²) < 4.78 is 15.7. The number of carbonyl (C=O) groups excluding carboxylic acids is 1. The molecule has 0 radical (unpaired) electrons. The van der Waals surface area contributed by atoms with Gasteiger partial charge in [-0.25, -0.2) is 13.9 Å². The van der Waals surface area contributed by atoms with Crippen molar-refractivity contribution >= 4 is 22.6 Å². The van der Waals surface area contributed by atoms with E-state index in [1.165, 1.54) is 6.07 Å². The van der Waals surface area contributed by atoms with Gasteiger partial charge in [-0.05, 0) is 52.8 Å². The molecular weight excluding hydrogens is 373 g/mol. The number of aryl methyl sites for hydroxylation is 1. The molecule has 0 bridgehead atoms. The summed E-state index contributed by atoms with van der Waals surface area (Å²) in [6, 6.07) is 2.49. The number of fused-ring (bicyclic) bond motifs is 3. The molecule has 1 saturated heterocycles.